The summed E-state index contributed by atoms with van der Waals surface area (Å²) in [4.78, 5) is 37.7. The van der Waals surface area contributed by atoms with Crippen LogP contribution in [-0.2, 0) is 30.9 Å². The van der Waals surface area contributed by atoms with Crippen molar-refractivity contribution in [1.82, 2.24) is 10.2 Å². The van der Waals surface area contributed by atoms with E-state index in [4.69, 9.17) is 4.55 Å². The summed E-state index contributed by atoms with van der Waals surface area (Å²) in [7, 11) is -4.43. The Morgan fingerprint density at radius 2 is 2.12 bits per heavy atom. The van der Waals surface area contributed by atoms with Gasteiger partial charge in [0.25, 0.3) is 16.0 Å². The van der Waals surface area contributed by atoms with E-state index >= 15 is 0 Å². The number of nitrogens with one attached hydrogen (secondary N) is 1. The summed E-state index contributed by atoms with van der Waals surface area (Å²) >= 11 is 2.55. The molecule has 12 heteroatoms. The molecular weight excluding hydrogens is 404 g/mol. The van der Waals surface area contributed by atoms with Gasteiger partial charge in [-0.1, -0.05) is 6.07 Å². The maximum atomic E-state index is 12.4. The third kappa shape index (κ3) is 3.77. The molecule has 0 radical (unpaired) electrons. The molecule has 0 aliphatic carbocycles. The van der Waals surface area contributed by atoms with Gasteiger partial charge in [-0.15, -0.1) is 23.1 Å². The van der Waals surface area contributed by atoms with Crippen LogP contribution in [0.5, 0.6) is 0 Å². The second-order valence-corrected chi connectivity index (χ2v) is 9.28. The zero-order valence-corrected chi connectivity index (χ0v) is 15.6. The molecule has 3 heterocycles. The van der Waals surface area contributed by atoms with Gasteiger partial charge in [0.15, 0.2) is 0 Å². The van der Waals surface area contributed by atoms with E-state index in [9.17, 15) is 27.9 Å². The summed E-state index contributed by atoms with van der Waals surface area (Å²) in [6.07, 6.45) is 0.120. The quantitative estimate of drug-likeness (QED) is 0.430. The van der Waals surface area contributed by atoms with Crippen molar-refractivity contribution in [2.45, 2.75) is 17.8 Å². The minimum atomic E-state index is -4.43. The molecule has 0 spiro atoms. The number of thiophene rings is 1. The van der Waals surface area contributed by atoms with Gasteiger partial charge in [0, 0.05) is 10.6 Å². The van der Waals surface area contributed by atoms with Gasteiger partial charge in [-0.2, -0.15) is 8.42 Å². The van der Waals surface area contributed by atoms with Crippen LogP contribution in [0.15, 0.2) is 28.8 Å². The number of rotatable bonds is 6. The van der Waals surface area contributed by atoms with Crippen molar-refractivity contribution in [3.05, 3.63) is 33.7 Å². The van der Waals surface area contributed by atoms with Crippen LogP contribution in [0.3, 0.4) is 0 Å². The Morgan fingerprint density at radius 1 is 1.38 bits per heavy atom. The van der Waals surface area contributed by atoms with Gasteiger partial charge in [-0.25, -0.2) is 4.79 Å². The highest BCUT2D eigenvalue weighted by molar-refractivity contribution is 8.00. The van der Waals surface area contributed by atoms with E-state index < -0.39 is 44.9 Å². The number of nitrogens with zero attached hydrogens (tertiary/aromatic N) is 1. The Kier molecular flexibility index (Phi) is 5.10. The van der Waals surface area contributed by atoms with Crippen LogP contribution >= 0.6 is 23.1 Å². The number of thioether (sulfide) groups is 1. The molecule has 0 bridgehead atoms. The van der Waals surface area contributed by atoms with Crippen LogP contribution in [0, 0.1) is 0 Å². The highest BCUT2D eigenvalue weighted by Crippen LogP contribution is 2.40. The number of carboxylic acids is 1. The second kappa shape index (κ2) is 7.02. The Hall–Kier alpha value is -1.89. The molecule has 2 amide bonds. The van der Waals surface area contributed by atoms with Gasteiger partial charge in [0.2, 0.25) is 5.91 Å². The van der Waals surface area contributed by atoms with Crippen molar-refractivity contribution < 1.29 is 32.5 Å². The van der Waals surface area contributed by atoms with Crippen molar-refractivity contribution in [2.75, 3.05) is 11.5 Å². The Balaban J connectivity index is 1.74. The zero-order chi connectivity index (χ0) is 19.1. The number of aliphatic carboxylic acids is 1. The molecule has 3 rings (SSSR count). The van der Waals surface area contributed by atoms with E-state index in [0.717, 1.165) is 21.5 Å². The van der Waals surface area contributed by atoms with E-state index in [1.54, 1.807) is 12.1 Å². The fourth-order valence-electron chi connectivity index (χ4n) is 2.81. The molecule has 2 aliphatic heterocycles. The first kappa shape index (κ1) is 18.9. The predicted octanol–water partition coefficient (Wildman–Crippen LogP) is -0.0830. The maximum absolute atomic E-state index is 12.4. The first-order valence-corrected chi connectivity index (χ1v) is 10.9. The number of carboxylic acid groups (broad SMARTS) is 1. The molecule has 0 saturated carbocycles. The molecule has 1 fully saturated rings. The van der Waals surface area contributed by atoms with Crippen LogP contribution in [0.4, 0.5) is 0 Å². The predicted molar refractivity (Wildman–Crippen MR) is 94.1 cm³/mol. The van der Waals surface area contributed by atoms with Crippen molar-refractivity contribution in [2.24, 2.45) is 0 Å². The van der Waals surface area contributed by atoms with Crippen molar-refractivity contribution in [3.63, 3.8) is 0 Å². The van der Waals surface area contributed by atoms with Crippen molar-refractivity contribution in [3.8, 4) is 0 Å². The Bertz CT molecular complexity index is 892. The molecule has 0 aromatic carbocycles. The lowest BCUT2D eigenvalue weighted by molar-refractivity contribution is -0.150. The number of β-lactam (4-membered cyclic amide) rings is 1. The fraction of sp³-hybridized carbons (Fsp3) is 0.357. The largest absolute Gasteiger partial charge is 0.477 e. The monoisotopic (exact) mass is 418 g/mol. The topological polar surface area (TPSA) is 141 Å². The second-order valence-electron chi connectivity index (χ2n) is 5.69. The molecule has 9 nitrogen and oxygen atoms in total. The summed E-state index contributed by atoms with van der Waals surface area (Å²) in [5.41, 5.74) is -0.502. The Labute approximate surface area is 156 Å². The van der Waals surface area contributed by atoms with E-state index in [1.165, 1.54) is 11.3 Å². The lowest BCUT2D eigenvalue weighted by atomic mass is 10.0. The molecule has 1 aromatic heterocycles. The smallest absolute Gasteiger partial charge is 0.352 e. The number of fused-ring (bicyclic) bond motifs is 1. The zero-order valence-electron chi connectivity index (χ0n) is 13.1. The SMILES string of the molecule is O=C(Cc1cccs1)N[C@@H]1C(=O)N2C(C(=O)O)=C(CS(=O)(=O)O)CS[C@H]12. The van der Waals surface area contributed by atoms with E-state index in [-0.39, 0.29) is 23.7 Å². The summed E-state index contributed by atoms with van der Waals surface area (Å²) in [5, 5.41) is 13.2. The van der Waals surface area contributed by atoms with Gasteiger partial charge in [-0.3, -0.25) is 19.0 Å². The maximum Gasteiger partial charge on any atom is 0.352 e. The molecule has 1 aromatic rings. The van der Waals surface area contributed by atoms with E-state index in [2.05, 4.69) is 5.32 Å². The molecule has 140 valence electrons. The van der Waals surface area contributed by atoms with E-state index in [1.807, 2.05) is 5.38 Å². The van der Waals surface area contributed by atoms with E-state index in [0.29, 0.717) is 0 Å². The van der Waals surface area contributed by atoms with Crippen LogP contribution in [-0.4, -0.2) is 63.7 Å². The number of carbonyl (C=O) groups is 3. The van der Waals surface area contributed by atoms with Gasteiger partial charge < -0.3 is 10.4 Å². The number of carbonyl (C=O) groups excluding carboxylic acids is 2. The normalized spacial score (nSPS) is 22.7. The van der Waals surface area contributed by atoms with Gasteiger partial charge in [0.05, 0.1) is 12.2 Å². The van der Waals surface area contributed by atoms with Crippen LogP contribution < -0.4 is 5.32 Å². The third-order valence-electron chi connectivity index (χ3n) is 3.84. The highest BCUT2D eigenvalue weighted by Gasteiger charge is 2.54. The fourth-order valence-corrected chi connectivity index (χ4v) is 5.67. The van der Waals surface area contributed by atoms with Crippen molar-refractivity contribution >= 4 is 51.0 Å². The average molecular weight is 418 g/mol. The van der Waals surface area contributed by atoms with Crippen LogP contribution in [0.2, 0.25) is 0 Å². The summed E-state index contributed by atoms with van der Waals surface area (Å²) in [6, 6.07) is 2.73. The third-order valence-corrected chi connectivity index (χ3v) is 6.77. The number of hydrogen-bond acceptors (Lipinski definition) is 7. The van der Waals surface area contributed by atoms with Crippen LogP contribution in [0.25, 0.3) is 0 Å². The lowest BCUT2D eigenvalue weighted by Gasteiger charge is -2.49. The molecule has 2 atom stereocenters. The molecule has 2 aliphatic rings. The highest BCUT2D eigenvalue weighted by atomic mass is 32.2. The average Bonchev–Trinajstić information content (AvgIpc) is 3.03. The van der Waals surface area contributed by atoms with Gasteiger partial charge in [0.1, 0.15) is 17.1 Å². The van der Waals surface area contributed by atoms with Gasteiger partial charge >= 0.3 is 5.97 Å². The lowest BCUT2D eigenvalue weighted by Crippen LogP contribution is -2.70. The van der Waals surface area contributed by atoms with Crippen LogP contribution in [0.1, 0.15) is 4.88 Å². The summed E-state index contributed by atoms with van der Waals surface area (Å²) < 4.78 is 31.1. The number of amides is 2. The first-order chi connectivity index (χ1) is 12.2. The standard InChI is InChI=1S/C14H14N2O7S3/c17-9(4-8-2-1-3-24-8)15-10-12(18)16-11(14(19)20)7(5-25-13(10)16)6-26(21,22)23/h1-3,10,13H,4-6H2,(H,15,17)(H,19,20)(H,21,22,23)/t10-,13-/m1/s1. The summed E-state index contributed by atoms with van der Waals surface area (Å²) in [5.74, 6) is -3.26. The molecule has 26 heavy (non-hydrogen) atoms. The van der Waals surface area contributed by atoms with Crippen molar-refractivity contribution in [1.29, 1.82) is 0 Å². The first-order valence-electron chi connectivity index (χ1n) is 7.34. The summed E-state index contributed by atoms with van der Waals surface area (Å²) in [6.45, 7) is 0. The molecule has 1 saturated heterocycles. The minimum Gasteiger partial charge on any atom is -0.477 e. The minimum absolute atomic E-state index is 0.0210. The molecule has 3 N–H and O–H groups in total. The molecule has 0 unspecified atom stereocenters. The van der Waals surface area contributed by atoms with Gasteiger partial charge in [-0.05, 0) is 17.0 Å². The Morgan fingerprint density at radius 3 is 2.69 bits per heavy atom. The number of hydrogen-bond donors (Lipinski definition) is 3. The molecular formula is C14H14N2O7S3.